The van der Waals surface area contributed by atoms with Gasteiger partial charge in [-0.15, -0.1) is 0 Å². The molecular weight excluding hydrogens is 614 g/mol. The van der Waals surface area contributed by atoms with Crippen LogP contribution >= 0.6 is 0 Å². The van der Waals surface area contributed by atoms with E-state index in [1.54, 1.807) is 11.8 Å². The second-order valence-corrected chi connectivity index (χ2v) is 13.0. The van der Waals surface area contributed by atoms with Gasteiger partial charge in [0.1, 0.15) is 5.75 Å². The van der Waals surface area contributed by atoms with Gasteiger partial charge in [-0.25, -0.2) is 0 Å². The molecule has 0 bridgehead atoms. The van der Waals surface area contributed by atoms with Crippen LogP contribution in [0.4, 0.5) is 32.0 Å². The van der Waals surface area contributed by atoms with E-state index in [0.717, 1.165) is 17.4 Å². The van der Waals surface area contributed by atoms with E-state index in [9.17, 15) is 36.2 Å². The Bertz CT molecular complexity index is 1370. The topological polar surface area (TPSA) is 68.3 Å². The number of piperazine rings is 1. The van der Waals surface area contributed by atoms with Crippen molar-refractivity contribution in [1.29, 1.82) is 0 Å². The molecule has 2 saturated heterocycles. The first kappa shape index (κ1) is 35.8. The molecule has 2 aromatic rings. The van der Waals surface area contributed by atoms with Gasteiger partial charge >= 0.3 is 12.4 Å². The molecule has 1 amide bonds. The summed E-state index contributed by atoms with van der Waals surface area (Å²) in [5, 5.41) is 13.5. The molecule has 13 heteroatoms. The van der Waals surface area contributed by atoms with Crippen molar-refractivity contribution in [2.24, 2.45) is 0 Å². The summed E-state index contributed by atoms with van der Waals surface area (Å²) in [4.78, 5) is 19.3. The number of alkyl halides is 6. The molecule has 0 aliphatic carbocycles. The van der Waals surface area contributed by atoms with Gasteiger partial charge in [-0.1, -0.05) is 37.6 Å². The monoisotopic (exact) mass is 658 g/mol. The number of aryl methyl sites for hydroxylation is 1. The van der Waals surface area contributed by atoms with Crippen molar-refractivity contribution in [3.8, 4) is 5.75 Å². The van der Waals surface area contributed by atoms with E-state index in [-0.39, 0.29) is 48.2 Å². The molecule has 0 spiro atoms. The highest BCUT2D eigenvalue weighted by molar-refractivity contribution is 5.79. The number of benzene rings is 2. The number of hydrogen-bond donors (Lipinski definition) is 2. The Morgan fingerprint density at radius 3 is 2.33 bits per heavy atom. The molecule has 2 fully saturated rings. The van der Waals surface area contributed by atoms with Gasteiger partial charge in [-0.2, -0.15) is 26.3 Å². The van der Waals surface area contributed by atoms with Gasteiger partial charge in [-0.3, -0.25) is 15.0 Å². The molecule has 4 rings (SSSR count). The molecule has 2 N–H and O–H groups in total. The van der Waals surface area contributed by atoms with Crippen LogP contribution in [0.1, 0.15) is 64.7 Å². The summed E-state index contributed by atoms with van der Waals surface area (Å²) in [5.74, 6) is 0.713. The fourth-order valence-corrected chi connectivity index (χ4v) is 6.48. The fraction of sp³-hybridized carbons (Fsp3) is 0.606. The predicted octanol–water partition coefficient (Wildman–Crippen LogP) is 5.94. The van der Waals surface area contributed by atoms with Gasteiger partial charge in [0.2, 0.25) is 5.91 Å². The third-order valence-electron chi connectivity index (χ3n) is 8.89. The zero-order valence-corrected chi connectivity index (χ0v) is 27.1. The Balaban J connectivity index is 1.47. The van der Waals surface area contributed by atoms with Crippen LogP contribution in [0, 0.1) is 0 Å². The largest absolute Gasteiger partial charge is 0.491 e. The molecule has 7 nitrogen and oxygen atoms in total. The smallest absolute Gasteiger partial charge is 0.430 e. The summed E-state index contributed by atoms with van der Waals surface area (Å²) in [6.45, 7) is 13.5. The minimum Gasteiger partial charge on any atom is -0.491 e. The number of carbonyl (C=O) groups excluding carboxylic acids is 1. The van der Waals surface area contributed by atoms with Gasteiger partial charge in [0, 0.05) is 49.6 Å². The van der Waals surface area contributed by atoms with Crippen molar-refractivity contribution in [2.75, 3.05) is 37.7 Å². The third kappa shape index (κ3) is 7.11. The normalized spacial score (nSPS) is 23.3. The van der Waals surface area contributed by atoms with Gasteiger partial charge in [0.15, 0.2) is 0 Å². The summed E-state index contributed by atoms with van der Waals surface area (Å²) >= 11 is 0. The first-order valence-corrected chi connectivity index (χ1v) is 15.6. The zero-order valence-electron chi connectivity index (χ0n) is 27.1. The van der Waals surface area contributed by atoms with Crippen LogP contribution in [-0.2, 0) is 22.4 Å². The number of halogens is 6. The summed E-state index contributed by atoms with van der Waals surface area (Å²) in [5.41, 5.74) is -4.83. The van der Waals surface area contributed by atoms with E-state index in [4.69, 9.17) is 4.74 Å². The maximum Gasteiger partial charge on any atom is 0.430 e. The number of aliphatic hydroxyl groups is 1. The molecular formula is C33H44F6N4O3. The number of hydrogen-bond acceptors (Lipinski definition) is 6. The fourth-order valence-electron chi connectivity index (χ4n) is 6.48. The summed E-state index contributed by atoms with van der Waals surface area (Å²) in [6, 6.07) is 10.1. The van der Waals surface area contributed by atoms with Crippen LogP contribution in [0.15, 0.2) is 42.5 Å². The summed E-state index contributed by atoms with van der Waals surface area (Å²) < 4.78 is 87.4. The lowest BCUT2D eigenvalue weighted by Crippen LogP contribution is -2.59. The molecule has 2 aromatic carbocycles. The van der Waals surface area contributed by atoms with Gasteiger partial charge in [0.25, 0.3) is 5.60 Å². The summed E-state index contributed by atoms with van der Waals surface area (Å²) in [7, 11) is 0. The minimum absolute atomic E-state index is 0.0416. The van der Waals surface area contributed by atoms with Gasteiger partial charge < -0.3 is 19.6 Å². The lowest BCUT2D eigenvalue weighted by atomic mass is 9.89. The number of nitrogens with zero attached hydrogens (tertiary/aromatic N) is 3. The highest BCUT2D eigenvalue weighted by Crippen LogP contribution is 2.50. The quantitative estimate of drug-likeness (QED) is 0.325. The molecule has 2 aliphatic rings. The van der Waals surface area contributed by atoms with Crippen molar-refractivity contribution in [3.63, 3.8) is 0 Å². The second-order valence-electron chi connectivity index (χ2n) is 13.0. The maximum atomic E-state index is 13.6. The molecule has 0 radical (unpaired) electrons. The molecule has 46 heavy (non-hydrogen) atoms. The third-order valence-corrected chi connectivity index (χ3v) is 8.89. The number of rotatable bonds is 9. The van der Waals surface area contributed by atoms with Crippen molar-refractivity contribution in [2.45, 2.75) is 96.1 Å². The van der Waals surface area contributed by atoms with Crippen molar-refractivity contribution >= 4 is 11.6 Å². The number of amides is 1. The predicted molar refractivity (Wildman–Crippen MR) is 164 cm³/mol. The zero-order chi connectivity index (χ0) is 34.2. The van der Waals surface area contributed by atoms with E-state index < -0.39 is 23.5 Å². The van der Waals surface area contributed by atoms with Crippen molar-refractivity contribution < 1.29 is 41.0 Å². The number of ether oxygens (including phenoxy) is 1. The van der Waals surface area contributed by atoms with Crippen molar-refractivity contribution in [3.05, 3.63) is 59.2 Å². The van der Waals surface area contributed by atoms with Gasteiger partial charge in [-0.05, 0) is 70.4 Å². The molecule has 0 aromatic heterocycles. The first-order chi connectivity index (χ1) is 21.3. The van der Waals surface area contributed by atoms with Crippen LogP contribution in [-0.4, -0.2) is 84.2 Å². The molecule has 3 atom stereocenters. The first-order valence-electron chi connectivity index (χ1n) is 15.6. The van der Waals surface area contributed by atoms with E-state index >= 15 is 0 Å². The number of anilines is 1. The number of carbonyl (C=O) groups is 1. The number of nitrogens with one attached hydrogen (secondary N) is 1. The maximum absolute atomic E-state index is 13.6. The highest BCUT2D eigenvalue weighted by Gasteiger charge is 2.71. The van der Waals surface area contributed by atoms with Crippen LogP contribution in [0.5, 0.6) is 5.75 Å². The highest BCUT2D eigenvalue weighted by atomic mass is 19.4. The SMILES string of the molecule is CCCc1cc(C(O)(C(F)(F)F)C(F)(F)F)ccc1N1C[C@H](C)N(C(=O)CN2CN[C@](C)(c3cccc(OC(C)C)c3)C2)CC1C. The molecule has 1 unspecified atom stereocenters. The van der Waals surface area contributed by atoms with E-state index in [1.807, 2.05) is 61.8 Å². The lowest BCUT2D eigenvalue weighted by Gasteiger charge is -2.46. The Kier molecular flexibility index (Phi) is 10.3. The molecule has 0 saturated carbocycles. The Labute approximate surface area is 266 Å². The second kappa shape index (κ2) is 13.2. The summed E-state index contributed by atoms with van der Waals surface area (Å²) in [6.07, 6.45) is -11.2. The van der Waals surface area contributed by atoms with Gasteiger partial charge in [0.05, 0.1) is 18.2 Å². The van der Waals surface area contributed by atoms with E-state index in [0.29, 0.717) is 44.5 Å². The van der Waals surface area contributed by atoms with E-state index in [1.165, 1.54) is 6.07 Å². The van der Waals surface area contributed by atoms with Crippen LogP contribution < -0.4 is 15.0 Å². The molecule has 2 aliphatic heterocycles. The Morgan fingerprint density at radius 2 is 1.72 bits per heavy atom. The Morgan fingerprint density at radius 1 is 1.04 bits per heavy atom. The molecule has 256 valence electrons. The Hall–Kier alpha value is -3.03. The van der Waals surface area contributed by atoms with Crippen LogP contribution in [0.25, 0.3) is 0 Å². The average molecular weight is 659 g/mol. The van der Waals surface area contributed by atoms with Crippen LogP contribution in [0.3, 0.4) is 0 Å². The van der Waals surface area contributed by atoms with Crippen molar-refractivity contribution in [1.82, 2.24) is 15.1 Å². The standard InChI is InChI=1S/C33H44F6N4O3/c1-7-9-24-14-26(31(45,32(34,35)36)33(37,38)39)12-13-28(24)42-16-23(5)43(17-22(42)4)29(44)18-41-19-30(6,40-20-41)25-10-8-11-27(15-25)46-21(2)3/h8,10-15,21-23,40,45H,7,9,16-20H2,1-6H3/t22?,23-,30-/m0/s1. The van der Waals surface area contributed by atoms with E-state index in [2.05, 4.69) is 12.2 Å². The minimum atomic E-state index is -5.96. The molecule has 2 heterocycles. The average Bonchev–Trinajstić information content (AvgIpc) is 3.33. The lowest BCUT2D eigenvalue weighted by molar-refractivity contribution is -0.376. The van der Waals surface area contributed by atoms with Crippen LogP contribution in [0.2, 0.25) is 0 Å².